The standard InChI is InChI=1S/C16H20N2O3/c19-16(20)18-10-8-12(9-11-18)4-3-6-14-13-5-1-2-7-15(13)21-17-14/h1-2,5,7,12H,3-4,6,8-11H2,(H,19,20). The van der Waals surface area contributed by atoms with Crippen LogP contribution in [0.1, 0.15) is 31.4 Å². The van der Waals surface area contributed by atoms with Crippen LogP contribution < -0.4 is 0 Å². The summed E-state index contributed by atoms with van der Waals surface area (Å²) in [7, 11) is 0. The minimum atomic E-state index is -0.789. The fourth-order valence-corrected chi connectivity index (χ4v) is 3.09. The number of fused-ring (bicyclic) bond motifs is 1. The van der Waals surface area contributed by atoms with Crippen LogP contribution in [0.25, 0.3) is 11.0 Å². The molecule has 1 aliphatic rings. The van der Waals surface area contributed by atoms with E-state index in [0.29, 0.717) is 19.0 Å². The van der Waals surface area contributed by atoms with E-state index in [1.54, 1.807) is 0 Å². The minimum absolute atomic E-state index is 0.638. The molecule has 21 heavy (non-hydrogen) atoms. The molecule has 0 spiro atoms. The van der Waals surface area contributed by atoms with Gasteiger partial charge in [0.05, 0.1) is 5.69 Å². The lowest BCUT2D eigenvalue weighted by Gasteiger charge is -2.29. The van der Waals surface area contributed by atoms with Crippen LogP contribution in [-0.4, -0.2) is 34.3 Å². The normalized spacial score (nSPS) is 16.5. The molecule has 2 aromatic rings. The van der Waals surface area contributed by atoms with Gasteiger partial charge < -0.3 is 14.5 Å². The second-order valence-corrected chi connectivity index (χ2v) is 5.73. The van der Waals surface area contributed by atoms with E-state index in [0.717, 1.165) is 48.8 Å². The first kappa shape index (κ1) is 13.9. The lowest BCUT2D eigenvalue weighted by Crippen LogP contribution is -2.37. The number of aromatic nitrogens is 1. The van der Waals surface area contributed by atoms with Crippen LogP contribution >= 0.6 is 0 Å². The Bertz CT molecular complexity index is 615. The number of likely N-dealkylation sites (tertiary alicyclic amines) is 1. The van der Waals surface area contributed by atoms with Crippen molar-refractivity contribution in [2.45, 2.75) is 32.1 Å². The third-order valence-corrected chi connectivity index (χ3v) is 4.36. The lowest BCUT2D eigenvalue weighted by molar-refractivity contribution is 0.123. The average molecular weight is 288 g/mol. The zero-order valence-electron chi connectivity index (χ0n) is 12.0. The van der Waals surface area contributed by atoms with Crippen molar-refractivity contribution in [3.63, 3.8) is 0 Å². The summed E-state index contributed by atoms with van der Waals surface area (Å²) in [4.78, 5) is 12.4. The highest BCUT2D eigenvalue weighted by Gasteiger charge is 2.21. The second kappa shape index (κ2) is 6.16. The molecule has 1 N–H and O–H groups in total. The fourth-order valence-electron chi connectivity index (χ4n) is 3.09. The summed E-state index contributed by atoms with van der Waals surface area (Å²) < 4.78 is 5.31. The quantitative estimate of drug-likeness (QED) is 0.934. The lowest BCUT2D eigenvalue weighted by atomic mass is 9.91. The van der Waals surface area contributed by atoms with Crippen LogP contribution in [0.5, 0.6) is 0 Å². The highest BCUT2D eigenvalue weighted by atomic mass is 16.5. The molecule has 0 saturated carbocycles. The van der Waals surface area contributed by atoms with Gasteiger partial charge in [0.2, 0.25) is 0 Å². The van der Waals surface area contributed by atoms with E-state index in [9.17, 15) is 4.79 Å². The van der Waals surface area contributed by atoms with E-state index >= 15 is 0 Å². The molecule has 5 heteroatoms. The van der Waals surface area contributed by atoms with Crippen LogP contribution in [-0.2, 0) is 6.42 Å². The number of amides is 1. The smallest absolute Gasteiger partial charge is 0.407 e. The van der Waals surface area contributed by atoms with Crippen LogP contribution in [0.3, 0.4) is 0 Å². The van der Waals surface area contributed by atoms with E-state index < -0.39 is 6.09 Å². The maximum atomic E-state index is 10.9. The predicted molar refractivity (Wildman–Crippen MR) is 79.3 cm³/mol. The molecular formula is C16H20N2O3. The van der Waals surface area contributed by atoms with E-state index in [1.807, 2.05) is 24.3 Å². The third-order valence-electron chi connectivity index (χ3n) is 4.36. The predicted octanol–water partition coefficient (Wildman–Crippen LogP) is 3.54. The van der Waals surface area contributed by atoms with Gasteiger partial charge in [-0.15, -0.1) is 0 Å². The molecule has 0 atom stereocenters. The average Bonchev–Trinajstić information content (AvgIpc) is 2.91. The minimum Gasteiger partial charge on any atom is -0.465 e. The van der Waals surface area contributed by atoms with Gasteiger partial charge in [-0.1, -0.05) is 17.3 Å². The van der Waals surface area contributed by atoms with Gasteiger partial charge in [0.1, 0.15) is 0 Å². The number of nitrogens with zero attached hydrogens (tertiary/aromatic N) is 2. The molecule has 2 heterocycles. The molecule has 1 aromatic heterocycles. The molecule has 0 radical (unpaired) electrons. The fraction of sp³-hybridized carbons (Fsp3) is 0.500. The number of hydrogen-bond donors (Lipinski definition) is 1. The number of rotatable bonds is 4. The van der Waals surface area contributed by atoms with E-state index in [4.69, 9.17) is 9.63 Å². The largest absolute Gasteiger partial charge is 0.465 e. The molecule has 5 nitrogen and oxygen atoms in total. The topological polar surface area (TPSA) is 66.6 Å². The molecule has 1 fully saturated rings. The molecule has 3 rings (SSSR count). The van der Waals surface area contributed by atoms with Gasteiger partial charge in [-0.3, -0.25) is 0 Å². The molecule has 1 aliphatic heterocycles. The number of piperidine rings is 1. The Balaban J connectivity index is 1.48. The summed E-state index contributed by atoms with van der Waals surface area (Å²) >= 11 is 0. The van der Waals surface area contributed by atoms with Crippen LogP contribution in [0.15, 0.2) is 28.8 Å². The molecule has 1 amide bonds. The first-order valence-corrected chi connectivity index (χ1v) is 7.55. The van der Waals surface area contributed by atoms with E-state index in [2.05, 4.69) is 5.16 Å². The van der Waals surface area contributed by atoms with Crippen molar-refractivity contribution >= 4 is 17.1 Å². The zero-order chi connectivity index (χ0) is 14.7. The van der Waals surface area contributed by atoms with Gasteiger partial charge in [-0.05, 0) is 50.2 Å². The second-order valence-electron chi connectivity index (χ2n) is 5.73. The van der Waals surface area contributed by atoms with Crippen LogP contribution in [0.4, 0.5) is 4.79 Å². The Morgan fingerprint density at radius 2 is 2.10 bits per heavy atom. The van der Waals surface area contributed by atoms with Crippen molar-refractivity contribution in [1.29, 1.82) is 0 Å². The molecule has 1 saturated heterocycles. The number of carboxylic acid groups (broad SMARTS) is 1. The van der Waals surface area contributed by atoms with Crippen LogP contribution in [0.2, 0.25) is 0 Å². The molecular weight excluding hydrogens is 268 g/mol. The van der Waals surface area contributed by atoms with Crippen molar-refractivity contribution in [1.82, 2.24) is 10.1 Å². The van der Waals surface area contributed by atoms with E-state index in [1.165, 1.54) is 4.90 Å². The van der Waals surface area contributed by atoms with Gasteiger partial charge >= 0.3 is 6.09 Å². The number of para-hydroxylation sites is 1. The van der Waals surface area contributed by atoms with Crippen molar-refractivity contribution in [3.05, 3.63) is 30.0 Å². The maximum Gasteiger partial charge on any atom is 0.407 e. The third kappa shape index (κ3) is 3.17. The molecule has 0 unspecified atom stereocenters. The summed E-state index contributed by atoms with van der Waals surface area (Å²) in [6.07, 6.45) is 4.30. The number of benzene rings is 1. The highest BCUT2D eigenvalue weighted by Crippen LogP contribution is 2.24. The highest BCUT2D eigenvalue weighted by molar-refractivity contribution is 5.79. The maximum absolute atomic E-state index is 10.9. The van der Waals surface area contributed by atoms with Gasteiger partial charge in [0.25, 0.3) is 0 Å². The van der Waals surface area contributed by atoms with Gasteiger partial charge in [-0.25, -0.2) is 4.79 Å². The monoisotopic (exact) mass is 288 g/mol. The molecule has 1 aromatic carbocycles. The van der Waals surface area contributed by atoms with Gasteiger partial charge in [0, 0.05) is 18.5 Å². The summed E-state index contributed by atoms with van der Waals surface area (Å²) in [5.41, 5.74) is 1.89. The molecule has 0 bridgehead atoms. The first-order chi connectivity index (χ1) is 10.2. The van der Waals surface area contributed by atoms with Crippen LogP contribution in [0, 0.1) is 5.92 Å². The number of aryl methyl sites for hydroxylation is 1. The number of hydrogen-bond acceptors (Lipinski definition) is 3. The Morgan fingerprint density at radius 1 is 1.33 bits per heavy atom. The Morgan fingerprint density at radius 3 is 2.86 bits per heavy atom. The van der Waals surface area contributed by atoms with E-state index in [-0.39, 0.29) is 0 Å². The summed E-state index contributed by atoms with van der Waals surface area (Å²) in [5.74, 6) is 0.638. The van der Waals surface area contributed by atoms with Gasteiger partial charge in [0.15, 0.2) is 5.58 Å². The molecule has 0 aliphatic carbocycles. The zero-order valence-corrected chi connectivity index (χ0v) is 12.0. The summed E-state index contributed by atoms with van der Waals surface area (Å²) in [6.45, 7) is 1.35. The Labute approximate surface area is 123 Å². The Kier molecular flexibility index (Phi) is 4.08. The summed E-state index contributed by atoms with van der Waals surface area (Å²) in [5, 5.41) is 14.2. The SMILES string of the molecule is O=C(O)N1CCC(CCCc2noc3ccccc23)CC1. The van der Waals surface area contributed by atoms with Crippen molar-refractivity contribution in [3.8, 4) is 0 Å². The Hall–Kier alpha value is -2.04. The van der Waals surface area contributed by atoms with Crippen molar-refractivity contribution in [2.75, 3.05) is 13.1 Å². The number of carbonyl (C=O) groups is 1. The summed E-state index contributed by atoms with van der Waals surface area (Å²) in [6, 6.07) is 7.94. The van der Waals surface area contributed by atoms with Crippen molar-refractivity contribution in [2.24, 2.45) is 5.92 Å². The molecule has 112 valence electrons. The van der Waals surface area contributed by atoms with Gasteiger partial charge in [-0.2, -0.15) is 0 Å². The first-order valence-electron chi connectivity index (χ1n) is 7.55. The van der Waals surface area contributed by atoms with Crippen molar-refractivity contribution < 1.29 is 14.4 Å².